The van der Waals surface area contributed by atoms with Gasteiger partial charge in [-0.2, -0.15) is 0 Å². The van der Waals surface area contributed by atoms with E-state index in [1.54, 1.807) is 0 Å². The van der Waals surface area contributed by atoms with Crippen molar-refractivity contribution in [3.63, 3.8) is 0 Å². The van der Waals surface area contributed by atoms with Gasteiger partial charge >= 0.3 is 0 Å². The number of amides is 2. The highest BCUT2D eigenvalue weighted by molar-refractivity contribution is 5.87. The van der Waals surface area contributed by atoms with Crippen LogP contribution in [0.15, 0.2) is 30.3 Å². The van der Waals surface area contributed by atoms with Crippen LogP contribution in [0.25, 0.3) is 0 Å². The van der Waals surface area contributed by atoms with Crippen LogP contribution in [0.5, 0.6) is 0 Å². The Hall–Kier alpha value is -1.92. The number of nitrogens with one attached hydrogen (secondary N) is 2. The summed E-state index contributed by atoms with van der Waals surface area (Å²) >= 11 is 0. The highest BCUT2D eigenvalue weighted by Crippen LogP contribution is 2.21. The molecule has 138 valence electrons. The normalized spacial score (nSPS) is 17.8. The van der Waals surface area contributed by atoms with Crippen molar-refractivity contribution in [3.8, 4) is 0 Å². The Kier molecular flexibility index (Phi) is 7.40. The third-order valence-corrected chi connectivity index (χ3v) is 4.45. The number of rotatable bonds is 7. The number of ether oxygens (including phenoxy) is 1. The van der Waals surface area contributed by atoms with Crippen LogP contribution in [-0.2, 0) is 14.3 Å². The van der Waals surface area contributed by atoms with Gasteiger partial charge in [0.1, 0.15) is 6.04 Å². The van der Waals surface area contributed by atoms with Gasteiger partial charge in [0, 0.05) is 26.6 Å². The lowest BCUT2D eigenvalue weighted by molar-refractivity contribution is -0.129. The fourth-order valence-electron chi connectivity index (χ4n) is 3.08. The summed E-state index contributed by atoms with van der Waals surface area (Å²) in [7, 11) is 0. The van der Waals surface area contributed by atoms with Crippen LogP contribution in [0.3, 0.4) is 0 Å². The first-order valence-corrected chi connectivity index (χ1v) is 8.90. The van der Waals surface area contributed by atoms with E-state index in [4.69, 9.17) is 4.74 Å². The van der Waals surface area contributed by atoms with Crippen LogP contribution in [-0.4, -0.2) is 55.6 Å². The molecule has 6 heteroatoms. The third-order valence-electron chi connectivity index (χ3n) is 4.45. The van der Waals surface area contributed by atoms with Gasteiger partial charge < -0.3 is 15.4 Å². The van der Waals surface area contributed by atoms with Crippen LogP contribution in [0.4, 0.5) is 0 Å². The van der Waals surface area contributed by atoms with E-state index in [0.717, 1.165) is 13.1 Å². The number of benzene rings is 1. The first kappa shape index (κ1) is 19.4. The SMILES string of the molecule is CC(=O)NC(C(=O)NCC(c1ccccc1)N1CCOCC1)C(C)C. The van der Waals surface area contributed by atoms with E-state index in [2.05, 4.69) is 27.7 Å². The maximum absolute atomic E-state index is 12.6. The molecule has 2 atom stereocenters. The van der Waals surface area contributed by atoms with Crippen molar-refractivity contribution in [2.45, 2.75) is 32.9 Å². The van der Waals surface area contributed by atoms with Crippen LogP contribution >= 0.6 is 0 Å². The second-order valence-corrected chi connectivity index (χ2v) is 6.74. The molecule has 1 heterocycles. The monoisotopic (exact) mass is 347 g/mol. The average molecular weight is 347 g/mol. The molecule has 1 aromatic carbocycles. The van der Waals surface area contributed by atoms with Crippen molar-refractivity contribution >= 4 is 11.8 Å². The van der Waals surface area contributed by atoms with E-state index < -0.39 is 6.04 Å². The largest absolute Gasteiger partial charge is 0.379 e. The minimum absolute atomic E-state index is 0.0301. The van der Waals surface area contributed by atoms with Gasteiger partial charge in [-0.15, -0.1) is 0 Å². The zero-order chi connectivity index (χ0) is 18.2. The van der Waals surface area contributed by atoms with Gasteiger partial charge in [0.15, 0.2) is 0 Å². The lowest BCUT2D eigenvalue weighted by Crippen LogP contribution is -2.51. The number of hydrogen-bond acceptors (Lipinski definition) is 4. The lowest BCUT2D eigenvalue weighted by atomic mass is 10.0. The Bertz CT molecular complexity index is 556. The highest BCUT2D eigenvalue weighted by Gasteiger charge is 2.26. The van der Waals surface area contributed by atoms with Gasteiger partial charge in [-0.3, -0.25) is 14.5 Å². The van der Waals surface area contributed by atoms with Crippen molar-refractivity contribution in [2.24, 2.45) is 5.92 Å². The zero-order valence-corrected chi connectivity index (χ0v) is 15.3. The Morgan fingerprint density at radius 2 is 1.80 bits per heavy atom. The van der Waals surface area contributed by atoms with Crippen LogP contribution in [0.2, 0.25) is 0 Å². The summed E-state index contributed by atoms with van der Waals surface area (Å²) in [5.74, 6) is -0.302. The van der Waals surface area contributed by atoms with Crippen LogP contribution in [0, 0.1) is 5.92 Å². The summed E-state index contributed by atoms with van der Waals surface area (Å²) in [5, 5.41) is 5.77. The molecular weight excluding hydrogens is 318 g/mol. The van der Waals surface area contributed by atoms with Gasteiger partial charge in [-0.05, 0) is 11.5 Å². The van der Waals surface area contributed by atoms with E-state index in [-0.39, 0.29) is 23.8 Å². The predicted molar refractivity (Wildman–Crippen MR) is 97.0 cm³/mol. The van der Waals surface area contributed by atoms with Gasteiger partial charge in [0.2, 0.25) is 11.8 Å². The minimum atomic E-state index is -0.515. The Morgan fingerprint density at radius 3 is 2.36 bits per heavy atom. The molecule has 0 bridgehead atoms. The molecule has 25 heavy (non-hydrogen) atoms. The van der Waals surface area contributed by atoms with Crippen molar-refractivity contribution in [1.82, 2.24) is 15.5 Å². The van der Waals surface area contributed by atoms with E-state index in [0.29, 0.717) is 19.8 Å². The topological polar surface area (TPSA) is 70.7 Å². The predicted octanol–water partition coefficient (Wildman–Crippen LogP) is 1.34. The van der Waals surface area contributed by atoms with Crippen LogP contribution in [0.1, 0.15) is 32.4 Å². The molecule has 1 fully saturated rings. The maximum Gasteiger partial charge on any atom is 0.242 e. The molecule has 2 rings (SSSR count). The third kappa shape index (κ3) is 5.83. The second kappa shape index (κ2) is 9.53. The van der Waals surface area contributed by atoms with Crippen molar-refractivity contribution in [1.29, 1.82) is 0 Å². The molecular formula is C19H29N3O3. The number of hydrogen-bond donors (Lipinski definition) is 2. The minimum Gasteiger partial charge on any atom is -0.379 e. The van der Waals surface area contributed by atoms with Crippen molar-refractivity contribution < 1.29 is 14.3 Å². The van der Waals surface area contributed by atoms with Crippen LogP contribution < -0.4 is 10.6 Å². The summed E-state index contributed by atoms with van der Waals surface area (Å²) in [6, 6.07) is 9.76. The summed E-state index contributed by atoms with van der Waals surface area (Å²) in [5.41, 5.74) is 1.17. The van der Waals surface area contributed by atoms with Gasteiger partial charge in [-0.1, -0.05) is 44.2 Å². The molecule has 0 spiro atoms. The number of carbonyl (C=O) groups excluding carboxylic acids is 2. The fourth-order valence-corrected chi connectivity index (χ4v) is 3.08. The summed E-state index contributed by atoms with van der Waals surface area (Å²) in [6.45, 7) is 8.89. The molecule has 1 saturated heterocycles. The molecule has 2 N–H and O–H groups in total. The summed E-state index contributed by atoms with van der Waals surface area (Å²) < 4.78 is 5.45. The molecule has 0 aromatic heterocycles. The molecule has 0 radical (unpaired) electrons. The lowest BCUT2D eigenvalue weighted by Gasteiger charge is -2.35. The quantitative estimate of drug-likeness (QED) is 0.781. The van der Waals surface area contributed by atoms with E-state index in [1.807, 2.05) is 32.0 Å². The van der Waals surface area contributed by atoms with E-state index >= 15 is 0 Å². The number of carbonyl (C=O) groups is 2. The fraction of sp³-hybridized carbons (Fsp3) is 0.579. The standard InChI is InChI=1S/C19H29N3O3/c1-14(2)18(21-15(3)23)19(24)20-13-17(16-7-5-4-6-8-16)22-9-11-25-12-10-22/h4-8,14,17-18H,9-13H2,1-3H3,(H,20,24)(H,21,23). The Labute approximate surface area is 149 Å². The maximum atomic E-state index is 12.6. The smallest absolute Gasteiger partial charge is 0.242 e. The number of nitrogens with zero attached hydrogens (tertiary/aromatic N) is 1. The Balaban J connectivity index is 2.05. The average Bonchev–Trinajstić information content (AvgIpc) is 2.61. The molecule has 1 aliphatic heterocycles. The van der Waals surface area contributed by atoms with E-state index in [1.165, 1.54) is 12.5 Å². The second-order valence-electron chi connectivity index (χ2n) is 6.74. The van der Waals surface area contributed by atoms with Crippen molar-refractivity contribution in [3.05, 3.63) is 35.9 Å². The first-order chi connectivity index (χ1) is 12.0. The van der Waals surface area contributed by atoms with Gasteiger partial charge in [0.25, 0.3) is 0 Å². The summed E-state index contributed by atoms with van der Waals surface area (Å²) in [6.07, 6.45) is 0. The molecule has 1 aromatic rings. The molecule has 6 nitrogen and oxygen atoms in total. The molecule has 2 unspecified atom stereocenters. The zero-order valence-electron chi connectivity index (χ0n) is 15.3. The van der Waals surface area contributed by atoms with E-state index in [9.17, 15) is 9.59 Å². The molecule has 0 saturated carbocycles. The van der Waals surface area contributed by atoms with Gasteiger partial charge in [-0.25, -0.2) is 0 Å². The highest BCUT2D eigenvalue weighted by atomic mass is 16.5. The van der Waals surface area contributed by atoms with Gasteiger partial charge in [0.05, 0.1) is 19.3 Å². The van der Waals surface area contributed by atoms with Crippen molar-refractivity contribution in [2.75, 3.05) is 32.8 Å². The number of morpholine rings is 1. The molecule has 0 aliphatic carbocycles. The molecule has 2 amide bonds. The Morgan fingerprint density at radius 1 is 1.16 bits per heavy atom. The molecule has 1 aliphatic rings. The first-order valence-electron chi connectivity index (χ1n) is 8.90. The summed E-state index contributed by atoms with van der Waals surface area (Å²) in [4.78, 5) is 26.3.